The van der Waals surface area contributed by atoms with Gasteiger partial charge in [0.1, 0.15) is 0 Å². The Bertz CT molecular complexity index is 768. The van der Waals surface area contributed by atoms with Gasteiger partial charge < -0.3 is 15.3 Å². The molecule has 2 aromatic rings. The number of likely N-dealkylation sites (N-methyl/N-ethyl adjacent to an activating group) is 1. The van der Waals surface area contributed by atoms with E-state index in [0.29, 0.717) is 18.1 Å². The summed E-state index contributed by atoms with van der Waals surface area (Å²) in [6, 6.07) is 7.44. The van der Waals surface area contributed by atoms with Gasteiger partial charge in [-0.3, -0.25) is 14.7 Å². The van der Waals surface area contributed by atoms with E-state index < -0.39 is 6.10 Å². The minimum atomic E-state index is -0.542. The third kappa shape index (κ3) is 4.21. The molecule has 2 heterocycles. The third-order valence-electron chi connectivity index (χ3n) is 4.57. The number of rotatable bonds is 4. The number of pyridine rings is 1. The molecular formula is C18H23ClN4O2. The summed E-state index contributed by atoms with van der Waals surface area (Å²) in [7, 11) is 3.49. The molecule has 1 fully saturated rings. The van der Waals surface area contributed by atoms with Crippen molar-refractivity contribution in [1.82, 2.24) is 14.8 Å². The molecule has 134 valence electrons. The first kappa shape index (κ1) is 17.9. The molecule has 2 N–H and O–H groups in total. The number of halogens is 1. The summed E-state index contributed by atoms with van der Waals surface area (Å²) in [6.45, 7) is 1.59. The quantitative estimate of drug-likeness (QED) is 0.868. The van der Waals surface area contributed by atoms with Crippen LogP contribution in [0, 0.1) is 0 Å². The maximum Gasteiger partial charge on any atom is 0.236 e. The number of anilines is 1. The molecule has 7 heteroatoms. The number of fused-ring (bicyclic) bond motifs is 1. The van der Waals surface area contributed by atoms with Gasteiger partial charge >= 0.3 is 0 Å². The second-order valence-electron chi connectivity index (χ2n) is 6.65. The van der Waals surface area contributed by atoms with E-state index in [4.69, 9.17) is 11.6 Å². The van der Waals surface area contributed by atoms with Crippen LogP contribution in [0.5, 0.6) is 0 Å². The second-order valence-corrected chi connectivity index (χ2v) is 7.09. The molecule has 2 atom stereocenters. The first-order valence-corrected chi connectivity index (χ1v) is 8.73. The summed E-state index contributed by atoms with van der Waals surface area (Å²) >= 11 is 6.03. The molecule has 0 saturated carbocycles. The molecule has 0 aliphatic carbocycles. The zero-order valence-corrected chi connectivity index (χ0v) is 15.2. The van der Waals surface area contributed by atoms with Gasteiger partial charge in [0, 0.05) is 49.5 Å². The predicted molar refractivity (Wildman–Crippen MR) is 99.9 cm³/mol. The lowest BCUT2D eigenvalue weighted by Gasteiger charge is -2.36. The summed E-state index contributed by atoms with van der Waals surface area (Å²) < 4.78 is 0. The van der Waals surface area contributed by atoms with Crippen molar-refractivity contribution in [2.24, 2.45) is 0 Å². The van der Waals surface area contributed by atoms with Crippen LogP contribution in [0.25, 0.3) is 10.9 Å². The van der Waals surface area contributed by atoms with Gasteiger partial charge in [-0.25, -0.2) is 0 Å². The summed E-state index contributed by atoms with van der Waals surface area (Å²) in [6.07, 6.45) is 1.96. The number of carbonyl (C=O) groups excluding carboxylic acids is 1. The molecule has 3 rings (SSSR count). The highest BCUT2D eigenvalue weighted by atomic mass is 35.5. The summed E-state index contributed by atoms with van der Waals surface area (Å²) in [5, 5.41) is 15.6. The molecule has 1 saturated heterocycles. The molecule has 1 amide bonds. The number of benzene rings is 1. The van der Waals surface area contributed by atoms with Gasteiger partial charge in [0.05, 0.1) is 24.2 Å². The van der Waals surface area contributed by atoms with Crippen molar-refractivity contribution >= 4 is 34.1 Å². The fourth-order valence-corrected chi connectivity index (χ4v) is 3.25. The largest absolute Gasteiger partial charge is 0.390 e. The first-order chi connectivity index (χ1) is 11.9. The Labute approximate surface area is 152 Å². The maximum atomic E-state index is 11.8. The standard InChI is InChI=1S/C18H23ClN4O2/c1-22(2)18(25)11-23-8-6-15(17(24)10-23)21-14-5-7-20-16-9-12(19)3-4-13(14)16/h3-5,7,9,15,17,24H,6,8,10-11H2,1-2H3,(H,20,21)/t15-,17-/m1/s1. The van der Waals surface area contributed by atoms with Crippen molar-refractivity contribution < 1.29 is 9.90 Å². The van der Waals surface area contributed by atoms with E-state index >= 15 is 0 Å². The van der Waals surface area contributed by atoms with Crippen molar-refractivity contribution in [3.05, 3.63) is 35.5 Å². The summed E-state index contributed by atoms with van der Waals surface area (Å²) in [5.74, 6) is 0.0515. The van der Waals surface area contributed by atoms with Gasteiger partial charge in [-0.15, -0.1) is 0 Å². The van der Waals surface area contributed by atoms with Gasteiger partial charge in [-0.1, -0.05) is 11.6 Å². The normalized spacial score (nSPS) is 21.3. The smallest absolute Gasteiger partial charge is 0.236 e. The van der Waals surface area contributed by atoms with E-state index in [9.17, 15) is 9.90 Å². The minimum Gasteiger partial charge on any atom is -0.390 e. The van der Waals surface area contributed by atoms with Crippen molar-refractivity contribution in [1.29, 1.82) is 0 Å². The van der Waals surface area contributed by atoms with Crippen LogP contribution in [0.2, 0.25) is 5.02 Å². The number of amides is 1. The Morgan fingerprint density at radius 3 is 2.96 bits per heavy atom. The van der Waals surface area contributed by atoms with Gasteiger partial charge in [0.25, 0.3) is 0 Å². The van der Waals surface area contributed by atoms with E-state index in [0.717, 1.165) is 29.6 Å². The minimum absolute atomic E-state index is 0.0515. The molecule has 1 aliphatic rings. The first-order valence-electron chi connectivity index (χ1n) is 8.35. The van der Waals surface area contributed by atoms with Crippen LogP contribution in [-0.4, -0.2) is 71.7 Å². The number of carbonyl (C=O) groups is 1. The van der Waals surface area contributed by atoms with Crippen LogP contribution in [0.3, 0.4) is 0 Å². The Kier molecular flexibility index (Phi) is 5.42. The number of hydrogen-bond donors (Lipinski definition) is 2. The number of aromatic nitrogens is 1. The second kappa shape index (κ2) is 7.56. The molecule has 0 bridgehead atoms. The number of nitrogens with one attached hydrogen (secondary N) is 1. The number of nitrogens with zero attached hydrogens (tertiary/aromatic N) is 3. The molecule has 0 radical (unpaired) electrons. The summed E-state index contributed by atoms with van der Waals surface area (Å²) in [5.41, 5.74) is 1.75. The molecule has 1 aromatic carbocycles. The zero-order chi connectivity index (χ0) is 18.0. The number of piperidine rings is 1. The molecule has 0 spiro atoms. The fraction of sp³-hybridized carbons (Fsp3) is 0.444. The lowest BCUT2D eigenvalue weighted by Crippen LogP contribution is -2.52. The van der Waals surface area contributed by atoms with E-state index in [1.54, 1.807) is 25.2 Å². The topological polar surface area (TPSA) is 68.7 Å². The Morgan fingerprint density at radius 1 is 1.44 bits per heavy atom. The van der Waals surface area contributed by atoms with E-state index in [1.165, 1.54) is 0 Å². The van der Waals surface area contributed by atoms with Crippen molar-refractivity contribution in [3.8, 4) is 0 Å². The number of likely N-dealkylation sites (tertiary alicyclic amines) is 1. The Hall–Kier alpha value is -1.89. The van der Waals surface area contributed by atoms with Crippen LogP contribution in [0.1, 0.15) is 6.42 Å². The molecular weight excluding hydrogens is 340 g/mol. The predicted octanol–water partition coefficient (Wildman–Crippen LogP) is 1.82. The maximum absolute atomic E-state index is 11.8. The highest BCUT2D eigenvalue weighted by Crippen LogP contribution is 2.26. The highest BCUT2D eigenvalue weighted by Gasteiger charge is 2.29. The van der Waals surface area contributed by atoms with Crippen molar-refractivity contribution in [2.45, 2.75) is 18.6 Å². The number of β-amino-alcohol motifs (C(OH)–C–C–N with tert-alkyl or cyclic N) is 1. The van der Waals surface area contributed by atoms with E-state index in [1.807, 2.05) is 29.2 Å². The van der Waals surface area contributed by atoms with Crippen LogP contribution >= 0.6 is 11.6 Å². The van der Waals surface area contributed by atoms with Gasteiger partial charge in [0.2, 0.25) is 5.91 Å². The molecule has 6 nitrogen and oxygen atoms in total. The number of aliphatic hydroxyl groups is 1. The van der Waals surface area contributed by atoms with E-state index in [2.05, 4.69) is 10.3 Å². The van der Waals surface area contributed by atoms with Crippen molar-refractivity contribution in [2.75, 3.05) is 39.0 Å². The zero-order valence-electron chi connectivity index (χ0n) is 14.4. The van der Waals surface area contributed by atoms with Crippen molar-refractivity contribution in [3.63, 3.8) is 0 Å². The average Bonchev–Trinajstić information content (AvgIpc) is 2.57. The van der Waals surface area contributed by atoms with Crippen LogP contribution < -0.4 is 5.32 Å². The lowest BCUT2D eigenvalue weighted by atomic mass is 10.0. The third-order valence-corrected chi connectivity index (χ3v) is 4.80. The van der Waals surface area contributed by atoms with Gasteiger partial charge in [-0.05, 0) is 30.7 Å². The van der Waals surface area contributed by atoms with Gasteiger partial charge in [0.15, 0.2) is 0 Å². The van der Waals surface area contributed by atoms with E-state index in [-0.39, 0.29) is 11.9 Å². The lowest BCUT2D eigenvalue weighted by molar-refractivity contribution is -0.130. The number of aliphatic hydroxyl groups excluding tert-OH is 1. The highest BCUT2D eigenvalue weighted by molar-refractivity contribution is 6.31. The molecule has 0 unspecified atom stereocenters. The monoisotopic (exact) mass is 362 g/mol. The number of hydrogen-bond acceptors (Lipinski definition) is 5. The SMILES string of the molecule is CN(C)C(=O)CN1CC[C@@H](Nc2ccnc3cc(Cl)ccc23)[C@H](O)C1. The fourth-order valence-electron chi connectivity index (χ4n) is 3.09. The van der Waals surface area contributed by atoms with Crippen LogP contribution in [-0.2, 0) is 4.79 Å². The van der Waals surface area contributed by atoms with Gasteiger partial charge in [-0.2, -0.15) is 0 Å². The summed E-state index contributed by atoms with van der Waals surface area (Å²) in [4.78, 5) is 19.7. The van der Waals surface area contributed by atoms with Crippen LogP contribution in [0.15, 0.2) is 30.5 Å². The Morgan fingerprint density at radius 2 is 2.24 bits per heavy atom. The average molecular weight is 363 g/mol. The molecule has 1 aromatic heterocycles. The van der Waals surface area contributed by atoms with Crippen LogP contribution in [0.4, 0.5) is 5.69 Å². The molecule has 25 heavy (non-hydrogen) atoms. The Balaban J connectivity index is 1.68. The molecule has 1 aliphatic heterocycles.